The molecule has 0 amide bonds. The molecule has 0 bridgehead atoms. The van der Waals surface area contributed by atoms with E-state index in [1.807, 2.05) is 0 Å². The molecule has 3 aromatic heterocycles. The smallest absolute Gasteiger partial charge is 0.184 e. The van der Waals surface area contributed by atoms with Crippen LogP contribution in [0.3, 0.4) is 0 Å². The fraction of sp³-hybridized carbons (Fsp3) is 0. The van der Waals surface area contributed by atoms with Crippen molar-refractivity contribution in [3.8, 4) is 17.1 Å². The highest BCUT2D eigenvalue weighted by Crippen LogP contribution is 2.44. The molecule has 2 aliphatic rings. The largest absolute Gasteiger partial charge is 0.311 e. The molecule has 6 heteroatoms. The van der Waals surface area contributed by atoms with Gasteiger partial charge >= 0.3 is 0 Å². The van der Waals surface area contributed by atoms with E-state index in [-0.39, 0.29) is 0 Å². The van der Waals surface area contributed by atoms with Gasteiger partial charge in [0.15, 0.2) is 16.1 Å². The van der Waals surface area contributed by atoms with Crippen LogP contribution >= 0.6 is 0 Å². The molecule has 2 aliphatic heterocycles. The Labute approximate surface area is 488 Å². The number of para-hydroxylation sites is 8. The van der Waals surface area contributed by atoms with E-state index < -0.39 is 16.1 Å². The highest BCUT2D eigenvalue weighted by atomic mass is 28.3. The Hall–Kier alpha value is -10.5. The molecule has 0 saturated heterocycles. The molecule has 0 atom stereocenters. The maximum atomic E-state index is 2.70. The van der Waals surface area contributed by atoms with Gasteiger partial charge in [-0.15, -0.1) is 0 Å². The van der Waals surface area contributed by atoms with Crippen LogP contribution in [0.2, 0.25) is 0 Å². The molecular formula is C78H52N4Si2. The van der Waals surface area contributed by atoms with Gasteiger partial charge in [-0.3, -0.25) is 0 Å². The first kappa shape index (κ1) is 47.2. The van der Waals surface area contributed by atoms with Crippen LogP contribution in [0.15, 0.2) is 315 Å². The lowest BCUT2D eigenvalue weighted by atomic mass is 10.1. The number of aromatic nitrogens is 3. The number of hydrogen-bond donors (Lipinski definition) is 0. The lowest BCUT2D eigenvalue weighted by Crippen LogP contribution is -2.82. The van der Waals surface area contributed by atoms with Gasteiger partial charge in [-0.2, -0.15) is 0 Å². The first-order valence-corrected chi connectivity index (χ1v) is 33.2. The fourth-order valence-electron chi connectivity index (χ4n) is 15.5. The van der Waals surface area contributed by atoms with E-state index in [0.717, 1.165) is 17.1 Å². The second kappa shape index (κ2) is 18.0. The van der Waals surface area contributed by atoms with E-state index in [1.54, 1.807) is 0 Å². The quantitative estimate of drug-likeness (QED) is 0.145. The normalized spacial score (nSPS) is 13.9. The lowest BCUT2D eigenvalue weighted by Gasteiger charge is -2.52. The lowest BCUT2D eigenvalue weighted by molar-refractivity contribution is 1.18. The Morgan fingerprint density at radius 2 is 0.512 bits per heavy atom. The summed E-state index contributed by atoms with van der Waals surface area (Å²) >= 11 is 0. The predicted octanol–water partition coefficient (Wildman–Crippen LogP) is 13.8. The third-order valence-corrected chi connectivity index (χ3v) is 28.3. The minimum Gasteiger partial charge on any atom is -0.311 e. The summed E-state index contributed by atoms with van der Waals surface area (Å²) in [4.78, 5) is 2.70. The molecule has 0 fully saturated rings. The van der Waals surface area contributed by atoms with Crippen molar-refractivity contribution in [1.82, 2.24) is 13.7 Å². The SMILES string of the molecule is c1ccc([Si]2(c3ccccc3)c3cc(-n4c5ccccc5c5ccccc54)ccc3N3c4ccccc4[Si](c4cccc(-n5c6ccccc6c6ccccc65)c4)(c4cccc(-n5c6ccccc6c6ccccc65)c4)c4cccc2c43)cc1. The Balaban J connectivity index is 0.986. The van der Waals surface area contributed by atoms with Crippen LogP contribution in [0.5, 0.6) is 0 Å². The van der Waals surface area contributed by atoms with Gasteiger partial charge in [0.1, 0.15) is 0 Å². The molecule has 18 rings (SSSR count). The van der Waals surface area contributed by atoms with Crippen molar-refractivity contribution in [3.63, 3.8) is 0 Å². The van der Waals surface area contributed by atoms with E-state index in [1.165, 1.54) is 124 Å². The number of anilines is 3. The average Bonchev–Trinajstić information content (AvgIpc) is 0.957. The average molecular weight is 1100 g/mol. The monoisotopic (exact) mass is 1100 g/mol. The number of benzene rings is 13. The Kier molecular flexibility index (Phi) is 10.1. The third kappa shape index (κ3) is 6.30. The highest BCUT2D eigenvalue weighted by molar-refractivity contribution is 7.24. The second-order valence-corrected chi connectivity index (χ2v) is 30.2. The van der Waals surface area contributed by atoms with Gasteiger partial charge in [-0.1, -0.05) is 231 Å². The van der Waals surface area contributed by atoms with Crippen LogP contribution in [-0.4, -0.2) is 29.8 Å². The summed E-state index contributed by atoms with van der Waals surface area (Å²) in [6, 6.07) is 120. The van der Waals surface area contributed by atoms with Crippen molar-refractivity contribution in [2.24, 2.45) is 0 Å². The molecule has 0 aliphatic carbocycles. The molecule has 84 heavy (non-hydrogen) atoms. The molecule has 16 aromatic rings. The van der Waals surface area contributed by atoms with Crippen molar-refractivity contribution in [2.75, 3.05) is 4.90 Å². The second-order valence-electron chi connectivity index (χ2n) is 22.7. The standard InChI is InChI=1S/C78H52N4Si2/c1-3-26-56(27-4-1)83(57-28-5-2-6-29-57)75-46-23-47-76-78(75)82(73-49-48-55(52-77(73)83)81-70-42-17-11-36-64(70)65-37-12-18-43-71(65)81)72-44-19-20-45-74(72)84(76,58-30-21-24-53(50-58)79-66-38-13-7-32-60(66)61-33-8-14-39-67(61)79)59-31-22-25-54(51-59)80-68-40-15-9-34-62(68)63-35-10-16-41-69(63)80/h1-52H. The summed E-state index contributed by atoms with van der Waals surface area (Å²) in [5, 5.41) is 18.4. The zero-order chi connectivity index (χ0) is 55.1. The van der Waals surface area contributed by atoms with Crippen molar-refractivity contribution in [2.45, 2.75) is 0 Å². The summed E-state index contributed by atoms with van der Waals surface area (Å²) in [6.07, 6.45) is 0. The molecule has 0 unspecified atom stereocenters. The predicted molar refractivity (Wildman–Crippen MR) is 358 cm³/mol. The van der Waals surface area contributed by atoms with Crippen molar-refractivity contribution < 1.29 is 0 Å². The van der Waals surface area contributed by atoms with E-state index in [2.05, 4.69) is 334 Å². The molecule has 0 saturated carbocycles. The summed E-state index contributed by atoms with van der Waals surface area (Å²) in [6.45, 7) is 0. The number of hydrogen-bond acceptors (Lipinski definition) is 1. The third-order valence-electron chi connectivity index (χ3n) is 18.7. The first-order chi connectivity index (χ1) is 41.7. The van der Waals surface area contributed by atoms with Gasteiger partial charge in [0.05, 0.1) is 33.1 Å². The van der Waals surface area contributed by atoms with Crippen molar-refractivity contribution in [3.05, 3.63) is 315 Å². The first-order valence-electron chi connectivity index (χ1n) is 29.2. The van der Waals surface area contributed by atoms with Crippen molar-refractivity contribution >= 4 is 140 Å². The van der Waals surface area contributed by atoms with Crippen LogP contribution in [0.4, 0.5) is 17.1 Å². The molecule has 5 heterocycles. The molecule has 4 nitrogen and oxygen atoms in total. The maximum Gasteiger partial charge on any atom is 0.184 e. The minimum absolute atomic E-state index is 1.15. The van der Waals surface area contributed by atoms with Gasteiger partial charge in [-0.05, 0) is 126 Å². The zero-order valence-electron chi connectivity index (χ0n) is 45.8. The van der Waals surface area contributed by atoms with Crippen LogP contribution in [-0.2, 0) is 0 Å². The number of fused-ring (bicyclic) bond motifs is 13. The van der Waals surface area contributed by atoms with E-state index in [0.29, 0.717) is 0 Å². The fourth-order valence-corrected chi connectivity index (χ4v) is 25.9. The van der Waals surface area contributed by atoms with Crippen LogP contribution in [0, 0.1) is 0 Å². The van der Waals surface area contributed by atoms with Crippen molar-refractivity contribution in [1.29, 1.82) is 0 Å². The molecule has 392 valence electrons. The maximum absolute atomic E-state index is 3.44. The van der Waals surface area contributed by atoms with Crippen LogP contribution in [0.25, 0.3) is 82.5 Å². The Morgan fingerprint density at radius 1 is 0.202 bits per heavy atom. The van der Waals surface area contributed by atoms with Gasteiger partial charge < -0.3 is 18.6 Å². The Morgan fingerprint density at radius 3 is 0.940 bits per heavy atom. The zero-order valence-corrected chi connectivity index (χ0v) is 47.8. The van der Waals surface area contributed by atoms with E-state index >= 15 is 0 Å². The Bertz CT molecular complexity index is 5010. The van der Waals surface area contributed by atoms with Gasteiger partial charge in [0.25, 0.3) is 0 Å². The van der Waals surface area contributed by atoms with Crippen LogP contribution < -0.4 is 46.4 Å². The summed E-state index contributed by atoms with van der Waals surface area (Å²) in [5.74, 6) is 0. The van der Waals surface area contributed by atoms with Gasteiger partial charge in [0.2, 0.25) is 0 Å². The van der Waals surface area contributed by atoms with E-state index in [9.17, 15) is 0 Å². The molecular weight excluding hydrogens is 1050 g/mol. The molecule has 0 radical (unpaired) electrons. The number of rotatable bonds is 7. The molecule has 0 N–H and O–H groups in total. The summed E-state index contributed by atoms with van der Waals surface area (Å²) < 4.78 is 7.50. The summed E-state index contributed by atoms with van der Waals surface area (Å²) in [7, 11) is -6.71. The van der Waals surface area contributed by atoms with E-state index in [4.69, 9.17) is 0 Å². The van der Waals surface area contributed by atoms with Gasteiger partial charge in [-0.25, -0.2) is 0 Å². The van der Waals surface area contributed by atoms with Gasteiger partial charge in [0, 0.05) is 66.4 Å². The summed E-state index contributed by atoms with van der Waals surface area (Å²) in [5.41, 5.74) is 14.4. The molecule has 0 spiro atoms. The highest BCUT2D eigenvalue weighted by Gasteiger charge is 2.56. The molecule has 13 aromatic carbocycles. The topological polar surface area (TPSA) is 18.0 Å². The minimum atomic E-state index is -3.44. The number of nitrogens with zero attached hydrogens (tertiary/aromatic N) is 4. The van der Waals surface area contributed by atoms with Crippen LogP contribution in [0.1, 0.15) is 0 Å².